The lowest BCUT2D eigenvalue weighted by atomic mass is 9.78. The molecule has 2 heterocycles. The SMILES string of the molecule is Bc1ccc2[nH]c([C@H]3CC[C@]4(CC3)CN(c3ccccc3F)C(=O)O4)nc2c1. The van der Waals surface area contributed by atoms with Gasteiger partial charge in [0.15, 0.2) is 0 Å². The molecule has 2 aliphatic rings. The zero-order valence-corrected chi connectivity index (χ0v) is 15.7. The van der Waals surface area contributed by atoms with E-state index in [0.29, 0.717) is 18.2 Å². The number of aromatic nitrogens is 2. The van der Waals surface area contributed by atoms with E-state index in [9.17, 15) is 9.18 Å². The highest BCUT2D eigenvalue weighted by atomic mass is 19.1. The van der Waals surface area contributed by atoms with E-state index >= 15 is 0 Å². The average molecular weight is 377 g/mol. The number of benzene rings is 2. The number of halogens is 1. The molecular weight excluding hydrogens is 356 g/mol. The second-order valence-electron chi connectivity index (χ2n) is 8.01. The van der Waals surface area contributed by atoms with Gasteiger partial charge < -0.3 is 9.72 Å². The maximum atomic E-state index is 14.1. The van der Waals surface area contributed by atoms with E-state index in [4.69, 9.17) is 9.72 Å². The van der Waals surface area contributed by atoms with Crippen molar-refractivity contribution in [1.29, 1.82) is 0 Å². The number of hydrogen-bond acceptors (Lipinski definition) is 3. The van der Waals surface area contributed by atoms with Crippen molar-refractivity contribution in [2.24, 2.45) is 0 Å². The van der Waals surface area contributed by atoms with Gasteiger partial charge in [-0.25, -0.2) is 14.2 Å². The number of hydrogen-bond donors (Lipinski definition) is 1. The Morgan fingerprint density at radius 2 is 2.00 bits per heavy atom. The van der Waals surface area contributed by atoms with Gasteiger partial charge in [0, 0.05) is 5.92 Å². The van der Waals surface area contributed by atoms with Crippen molar-refractivity contribution in [3.05, 3.63) is 54.1 Å². The highest BCUT2D eigenvalue weighted by Crippen LogP contribution is 2.43. The predicted molar refractivity (Wildman–Crippen MR) is 108 cm³/mol. The summed E-state index contributed by atoms with van der Waals surface area (Å²) in [6.07, 6.45) is 2.83. The van der Waals surface area contributed by atoms with E-state index < -0.39 is 17.5 Å². The van der Waals surface area contributed by atoms with Gasteiger partial charge in [0.25, 0.3) is 0 Å². The largest absolute Gasteiger partial charge is 0.441 e. The zero-order chi connectivity index (χ0) is 19.3. The number of carbonyl (C=O) groups excluding carboxylic acids is 1. The minimum absolute atomic E-state index is 0.291. The Balaban J connectivity index is 1.32. The van der Waals surface area contributed by atoms with Gasteiger partial charge in [-0.2, -0.15) is 0 Å². The summed E-state index contributed by atoms with van der Waals surface area (Å²) < 4.78 is 19.9. The molecule has 1 N–H and O–H groups in total. The van der Waals surface area contributed by atoms with Crippen LogP contribution in [0.2, 0.25) is 0 Å². The first kappa shape index (κ1) is 17.3. The summed E-state index contributed by atoms with van der Waals surface area (Å²) in [5.74, 6) is 0.924. The monoisotopic (exact) mass is 377 g/mol. The van der Waals surface area contributed by atoms with E-state index in [1.54, 1.807) is 18.2 Å². The Morgan fingerprint density at radius 1 is 1.21 bits per heavy atom. The summed E-state index contributed by atoms with van der Waals surface area (Å²) in [4.78, 5) is 22.1. The summed E-state index contributed by atoms with van der Waals surface area (Å²) in [6, 6.07) is 12.6. The molecule has 1 aliphatic heterocycles. The maximum Gasteiger partial charge on any atom is 0.415 e. The van der Waals surface area contributed by atoms with E-state index in [1.165, 1.54) is 16.4 Å². The molecule has 1 saturated heterocycles. The number of carbonyl (C=O) groups is 1. The van der Waals surface area contributed by atoms with Gasteiger partial charge in [-0.3, -0.25) is 4.90 Å². The molecule has 0 radical (unpaired) electrons. The smallest absolute Gasteiger partial charge is 0.415 e. The molecule has 28 heavy (non-hydrogen) atoms. The molecule has 1 aliphatic carbocycles. The van der Waals surface area contributed by atoms with E-state index in [2.05, 4.69) is 31.0 Å². The molecule has 1 aromatic heterocycles. The van der Waals surface area contributed by atoms with E-state index in [1.807, 2.05) is 0 Å². The van der Waals surface area contributed by atoms with Gasteiger partial charge >= 0.3 is 6.09 Å². The lowest BCUT2D eigenvalue weighted by Gasteiger charge is -2.34. The van der Waals surface area contributed by atoms with Gasteiger partial charge in [0.05, 0.1) is 23.3 Å². The van der Waals surface area contributed by atoms with Crippen LogP contribution in [0.15, 0.2) is 42.5 Å². The molecule has 1 amide bonds. The quantitative estimate of drug-likeness (QED) is 0.699. The molecule has 3 aromatic rings. The molecule has 0 bridgehead atoms. The van der Waals surface area contributed by atoms with E-state index in [0.717, 1.165) is 42.5 Å². The van der Waals surface area contributed by atoms with Crippen LogP contribution in [-0.2, 0) is 4.74 Å². The van der Waals surface area contributed by atoms with Gasteiger partial charge in [0.1, 0.15) is 25.1 Å². The normalized spacial score (nSPS) is 24.8. The van der Waals surface area contributed by atoms with Crippen LogP contribution in [0.1, 0.15) is 37.4 Å². The summed E-state index contributed by atoms with van der Waals surface area (Å²) >= 11 is 0. The molecule has 7 heteroatoms. The number of amides is 1. The van der Waals surface area contributed by atoms with Crippen LogP contribution in [0.5, 0.6) is 0 Å². The summed E-state index contributed by atoms with van der Waals surface area (Å²) in [6.45, 7) is 0.402. The van der Waals surface area contributed by atoms with Crippen molar-refractivity contribution in [3.63, 3.8) is 0 Å². The Kier molecular flexibility index (Phi) is 3.93. The zero-order valence-electron chi connectivity index (χ0n) is 15.7. The molecule has 142 valence electrons. The van der Waals surface area contributed by atoms with Crippen LogP contribution >= 0.6 is 0 Å². The fourth-order valence-corrected chi connectivity index (χ4v) is 4.49. The van der Waals surface area contributed by atoms with Crippen LogP contribution in [0.3, 0.4) is 0 Å². The summed E-state index contributed by atoms with van der Waals surface area (Å²) in [5, 5.41) is 0. The number of para-hydroxylation sites is 1. The van der Waals surface area contributed by atoms with E-state index in [-0.39, 0.29) is 0 Å². The number of nitrogens with one attached hydrogen (secondary N) is 1. The predicted octanol–water partition coefficient (Wildman–Crippen LogP) is 3.01. The number of ether oxygens (including phenoxy) is 1. The van der Waals surface area contributed by atoms with Gasteiger partial charge in [-0.15, -0.1) is 0 Å². The molecule has 0 unspecified atom stereocenters. The van der Waals surface area contributed by atoms with Crippen LogP contribution in [0.25, 0.3) is 11.0 Å². The van der Waals surface area contributed by atoms with Gasteiger partial charge in [-0.1, -0.05) is 23.7 Å². The standard InChI is InChI=1S/C21H21BFN3O2/c22-14-5-6-16-17(11-14)25-19(24-16)13-7-9-21(10-8-13)12-26(20(27)28-21)18-4-2-1-3-15(18)23/h1-6,11,13H,7-10,12,22H2,(H,24,25)/t13-,21-. The van der Waals surface area contributed by atoms with Crippen molar-refractivity contribution >= 4 is 36.1 Å². The number of H-pyrrole nitrogens is 1. The van der Waals surface area contributed by atoms with Crippen LogP contribution < -0.4 is 10.4 Å². The van der Waals surface area contributed by atoms with Crippen LogP contribution in [0, 0.1) is 5.82 Å². The van der Waals surface area contributed by atoms with Crippen LogP contribution in [0.4, 0.5) is 14.9 Å². The number of imidazole rings is 1. The van der Waals surface area contributed by atoms with Gasteiger partial charge in [-0.05, 0) is 49.9 Å². The summed E-state index contributed by atoms with van der Waals surface area (Å²) in [5.41, 5.74) is 3.00. The molecule has 2 aromatic carbocycles. The Hall–Kier alpha value is -2.83. The number of aromatic amines is 1. The van der Waals surface area contributed by atoms with Crippen molar-refractivity contribution in [2.75, 3.05) is 11.4 Å². The number of nitrogens with zero attached hydrogens (tertiary/aromatic N) is 2. The molecule has 1 spiro atoms. The molecular formula is C21H21BFN3O2. The molecule has 2 fully saturated rings. The van der Waals surface area contributed by atoms with Crippen molar-refractivity contribution in [1.82, 2.24) is 9.97 Å². The molecule has 1 saturated carbocycles. The van der Waals surface area contributed by atoms with Crippen molar-refractivity contribution in [2.45, 2.75) is 37.2 Å². The third kappa shape index (κ3) is 2.86. The first-order valence-electron chi connectivity index (χ1n) is 9.74. The third-order valence-electron chi connectivity index (χ3n) is 6.05. The second kappa shape index (κ2) is 6.36. The first-order valence-corrected chi connectivity index (χ1v) is 9.74. The summed E-state index contributed by atoms with van der Waals surface area (Å²) in [7, 11) is 2.06. The average Bonchev–Trinajstić information content (AvgIpc) is 3.23. The van der Waals surface area contributed by atoms with Gasteiger partial charge in [0.2, 0.25) is 0 Å². The Labute approximate surface area is 163 Å². The highest BCUT2D eigenvalue weighted by Gasteiger charge is 2.48. The number of rotatable bonds is 2. The van der Waals surface area contributed by atoms with Crippen molar-refractivity contribution < 1.29 is 13.9 Å². The lowest BCUT2D eigenvalue weighted by Crippen LogP contribution is -2.38. The molecule has 0 atom stereocenters. The second-order valence-corrected chi connectivity index (χ2v) is 8.01. The number of fused-ring (bicyclic) bond motifs is 1. The fourth-order valence-electron chi connectivity index (χ4n) is 4.49. The lowest BCUT2D eigenvalue weighted by molar-refractivity contribution is 0.0208. The minimum atomic E-state index is -0.529. The molecule has 5 rings (SSSR count). The maximum absolute atomic E-state index is 14.1. The van der Waals surface area contributed by atoms with Crippen molar-refractivity contribution in [3.8, 4) is 0 Å². The Bertz CT molecular complexity index is 1060. The van der Waals surface area contributed by atoms with Crippen LogP contribution in [-0.4, -0.2) is 36.1 Å². The Morgan fingerprint density at radius 3 is 2.79 bits per heavy atom. The highest BCUT2D eigenvalue weighted by molar-refractivity contribution is 6.33. The number of anilines is 1. The third-order valence-corrected chi connectivity index (χ3v) is 6.05. The minimum Gasteiger partial charge on any atom is -0.441 e. The fraction of sp³-hybridized carbons (Fsp3) is 0.333. The molecule has 5 nitrogen and oxygen atoms in total. The topological polar surface area (TPSA) is 58.2 Å². The first-order chi connectivity index (χ1) is 13.5.